The van der Waals surface area contributed by atoms with E-state index in [1.165, 1.54) is 24.3 Å². The second-order valence-electron chi connectivity index (χ2n) is 4.48. The Morgan fingerprint density at radius 1 is 1.20 bits per heavy atom. The summed E-state index contributed by atoms with van der Waals surface area (Å²) >= 11 is 0. The predicted molar refractivity (Wildman–Crippen MR) is 75.3 cm³/mol. The second kappa shape index (κ2) is 6.19. The van der Waals surface area contributed by atoms with Crippen molar-refractivity contribution in [2.45, 2.75) is 13.0 Å². The highest BCUT2D eigenvalue weighted by molar-refractivity contribution is 5.94. The van der Waals surface area contributed by atoms with Crippen molar-refractivity contribution in [3.63, 3.8) is 0 Å². The molecule has 0 aromatic heterocycles. The topological polar surface area (TPSA) is 38.3 Å². The molecule has 0 radical (unpaired) electrons. The maximum absolute atomic E-state index is 12.8. The molecule has 0 heterocycles. The molecule has 0 fully saturated rings. The molecule has 0 aliphatic rings. The third kappa shape index (κ3) is 3.35. The molecule has 2 aromatic rings. The van der Waals surface area contributed by atoms with E-state index in [-0.39, 0.29) is 17.8 Å². The van der Waals surface area contributed by atoms with Gasteiger partial charge in [-0.15, -0.1) is 0 Å². The van der Waals surface area contributed by atoms with Crippen LogP contribution in [0.25, 0.3) is 0 Å². The molecule has 0 bridgehead atoms. The van der Waals surface area contributed by atoms with E-state index in [1.54, 1.807) is 7.11 Å². The Kier molecular flexibility index (Phi) is 4.35. The zero-order chi connectivity index (χ0) is 14.5. The van der Waals surface area contributed by atoms with Gasteiger partial charge in [-0.2, -0.15) is 0 Å². The van der Waals surface area contributed by atoms with Gasteiger partial charge in [0.15, 0.2) is 0 Å². The van der Waals surface area contributed by atoms with Gasteiger partial charge in [0.2, 0.25) is 0 Å². The average Bonchev–Trinajstić information content (AvgIpc) is 2.47. The largest absolute Gasteiger partial charge is 0.497 e. The number of carbonyl (C=O) groups excluding carboxylic acids is 1. The lowest BCUT2D eigenvalue weighted by Crippen LogP contribution is -2.26. The van der Waals surface area contributed by atoms with E-state index in [1.807, 2.05) is 31.2 Å². The first-order valence-corrected chi connectivity index (χ1v) is 6.30. The highest BCUT2D eigenvalue weighted by atomic mass is 19.1. The Hall–Kier alpha value is -2.36. The van der Waals surface area contributed by atoms with E-state index in [9.17, 15) is 9.18 Å². The fourth-order valence-corrected chi connectivity index (χ4v) is 1.88. The van der Waals surface area contributed by atoms with Crippen molar-refractivity contribution >= 4 is 5.91 Å². The molecule has 1 atom stereocenters. The average molecular weight is 273 g/mol. The number of amides is 1. The van der Waals surface area contributed by atoms with Crippen LogP contribution in [0.15, 0.2) is 48.5 Å². The molecule has 0 saturated heterocycles. The lowest BCUT2D eigenvalue weighted by molar-refractivity contribution is 0.0940. The van der Waals surface area contributed by atoms with Gasteiger partial charge >= 0.3 is 0 Å². The van der Waals surface area contributed by atoms with E-state index < -0.39 is 0 Å². The van der Waals surface area contributed by atoms with Crippen LogP contribution in [0, 0.1) is 5.82 Å². The normalized spacial score (nSPS) is 11.8. The fraction of sp³-hybridized carbons (Fsp3) is 0.188. The fourth-order valence-electron chi connectivity index (χ4n) is 1.88. The summed E-state index contributed by atoms with van der Waals surface area (Å²) in [5.74, 6) is 0.146. The molecule has 2 rings (SSSR count). The lowest BCUT2D eigenvalue weighted by atomic mass is 10.1. The van der Waals surface area contributed by atoms with Crippen LogP contribution >= 0.6 is 0 Å². The summed E-state index contributed by atoms with van der Waals surface area (Å²) in [5, 5.41) is 2.87. The third-order valence-corrected chi connectivity index (χ3v) is 3.05. The summed E-state index contributed by atoms with van der Waals surface area (Å²) in [4.78, 5) is 12.0. The number of methoxy groups -OCH3 is 1. The van der Waals surface area contributed by atoms with Crippen LogP contribution in [-0.2, 0) is 0 Å². The summed E-state index contributed by atoms with van der Waals surface area (Å²) in [5.41, 5.74) is 1.38. The van der Waals surface area contributed by atoms with Crippen LogP contribution < -0.4 is 10.1 Å². The number of hydrogen-bond donors (Lipinski definition) is 1. The van der Waals surface area contributed by atoms with Gasteiger partial charge in [0.25, 0.3) is 5.91 Å². The van der Waals surface area contributed by atoms with Crippen LogP contribution in [0.5, 0.6) is 5.75 Å². The van der Waals surface area contributed by atoms with Crippen molar-refractivity contribution in [1.29, 1.82) is 0 Å². The van der Waals surface area contributed by atoms with Crippen molar-refractivity contribution in [2.24, 2.45) is 0 Å². The third-order valence-electron chi connectivity index (χ3n) is 3.05. The molecule has 0 aliphatic carbocycles. The molecule has 104 valence electrons. The molecule has 0 saturated carbocycles. The van der Waals surface area contributed by atoms with E-state index in [0.29, 0.717) is 5.56 Å². The second-order valence-corrected chi connectivity index (χ2v) is 4.48. The molecule has 3 nitrogen and oxygen atoms in total. The number of nitrogens with one attached hydrogen (secondary N) is 1. The van der Waals surface area contributed by atoms with Crippen LogP contribution in [0.1, 0.15) is 28.9 Å². The van der Waals surface area contributed by atoms with Gasteiger partial charge < -0.3 is 10.1 Å². The zero-order valence-corrected chi connectivity index (χ0v) is 11.4. The molecule has 0 spiro atoms. The van der Waals surface area contributed by atoms with Crippen LogP contribution in [-0.4, -0.2) is 13.0 Å². The van der Waals surface area contributed by atoms with Crippen molar-refractivity contribution in [3.05, 3.63) is 65.5 Å². The van der Waals surface area contributed by atoms with Gasteiger partial charge in [-0.3, -0.25) is 4.79 Å². The number of halogens is 1. The number of benzene rings is 2. The molecular weight excluding hydrogens is 257 g/mol. The highest BCUT2D eigenvalue weighted by Crippen LogP contribution is 2.19. The minimum atomic E-state index is -0.359. The van der Waals surface area contributed by atoms with Crippen LogP contribution in [0.4, 0.5) is 4.39 Å². The van der Waals surface area contributed by atoms with Crippen molar-refractivity contribution in [1.82, 2.24) is 5.32 Å². The molecule has 0 aliphatic heterocycles. The van der Waals surface area contributed by atoms with Crippen molar-refractivity contribution < 1.29 is 13.9 Å². The Labute approximate surface area is 117 Å². The highest BCUT2D eigenvalue weighted by Gasteiger charge is 2.12. The molecule has 4 heteroatoms. The Bertz CT molecular complexity index is 596. The number of carbonyl (C=O) groups is 1. The molecule has 1 amide bonds. The lowest BCUT2D eigenvalue weighted by Gasteiger charge is -2.15. The molecular formula is C16H16FNO2. The smallest absolute Gasteiger partial charge is 0.251 e. The van der Waals surface area contributed by atoms with E-state index in [4.69, 9.17) is 4.74 Å². The summed E-state index contributed by atoms with van der Waals surface area (Å²) in [6.07, 6.45) is 0. The SMILES string of the molecule is COc1cccc(C(C)NC(=O)c2ccc(F)cc2)c1. The minimum Gasteiger partial charge on any atom is -0.497 e. The van der Waals surface area contributed by atoms with Gasteiger partial charge in [-0.05, 0) is 48.9 Å². The van der Waals surface area contributed by atoms with E-state index in [0.717, 1.165) is 11.3 Å². The molecule has 20 heavy (non-hydrogen) atoms. The first-order chi connectivity index (χ1) is 9.60. The van der Waals surface area contributed by atoms with Gasteiger partial charge in [-0.1, -0.05) is 12.1 Å². The zero-order valence-electron chi connectivity index (χ0n) is 11.4. The monoisotopic (exact) mass is 273 g/mol. The number of rotatable bonds is 4. The Balaban J connectivity index is 2.08. The summed E-state index contributed by atoms with van der Waals surface area (Å²) in [6, 6.07) is 12.8. The van der Waals surface area contributed by atoms with Crippen molar-refractivity contribution in [3.8, 4) is 5.75 Å². The van der Waals surface area contributed by atoms with Crippen molar-refractivity contribution in [2.75, 3.05) is 7.11 Å². The standard InChI is InChI=1S/C16H16FNO2/c1-11(13-4-3-5-15(10-13)20-2)18-16(19)12-6-8-14(17)9-7-12/h3-11H,1-2H3,(H,18,19). The number of ether oxygens (including phenoxy) is 1. The molecule has 1 N–H and O–H groups in total. The number of hydrogen-bond acceptors (Lipinski definition) is 2. The maximum atomic E-state index is 12.8. The van der Waals surface area contributed by atoms with E-state index in [2.05, 4.69) is 5.32 Å². The first kappa shape index (κ1) is 14.1. The van der Waals surface area contributed by atoms with Crippen LogP contribution in [0.2, 0.25) is 0 Å². The molecule has 1 unspecified atom stereocenters. The predicted octanol–water partition coefficient (Wildman–Crippen LogP) is 3.33. The summed E-state index contributed by atoms with van der Waals surface area (Å²) in [7, 11) is 1.60. The van der Waals surface area contributed by atoms with Crippen LogP contribution in [0.3, 0.4) is 0 Å². The maximum Gasteiger partial charge on any atom is 0.251 e. The first-order valence-electron chi connectivity index (χ1n) is 6.30. The summed E-state index contributed by atoms with van der Waals surface area (Å²) < 4.78 is 18.0. The van der Waals surface area contributed by atoms with Gasteiger partial charge in [-0.25, -0.2) is 4.39 Å². The summed E-state index contributed by atoms with van der Waals surface area (Å²) in [6.45, 7) is 1.89. The van der Waals surface area contributed by atoms with Gasteiger partial charge in [0.05, 0.1) is 13.2 Å². The van der Waals surface area contributed by atoms with Gasteiger partial charge in [0.1, 0.15) is 11.6 Å². The molecule has 2 aromatic carbocycles. The van der Waals surface area contributed by atoms with E-state index >= 15 is 0 Å². The quantitative estimate of drug-likeness (QED) is 0.928. The Morgan fingerprint density at radius 2 is 1.90 bits per heavy atom. The van der Waals surface area contributed by atoms with Gasteiger partial charge in [0, 0.05) is 5.56 Å². The minimum absolute atomic E-state index is 0.164. The Morgan fingerprint density at radius 3 is 2.55 bits per heavy atom.